The van der Waals surface area contributed by atoms with Crippen molar-refractivity contribution in [3.05, 3.63) is 46.6 Å². The van der Waals surface area contributed by atoms with E-state index >= 15 is 0 Å². The predicted molar refractivity (Wildman–Crippen MR) is 118 cm³/mol. The number of hydrogen-bond donors (Lipinski definition) is 1. The SMILES string of the molecule is COC(=O)c1ccccc1NC(=O)c1sc2ncnc(N3CCC(C)CC3)c2c1C. The van der Waals surface area contributed by atoms with Gasteiger partial charge in [-0.3, -0.25) is 4.79 Å². The second-order valence-corrected chi connectivity index (χ2v) is 8.59. The maximum Gasteiger partial charge on any atom is 0.339 e. The van der Waals surface area contributed by atoms with Crippen LogP contribution in [-0.2, 0) is 4.74 Å². The topological polar surface area (TPSA) is 84.4 Å². The van der Waals surface area contributed by atoms with Crippen LogP contribution in [0.25, 0.3) is 10.2 Å². The zero-order valence-electron chi connectivity index (χ0n) is 17.3. The van der Waals surface area contributed by atoms with Gasteiger partial charge in [-0.25, -0.2) is 14.8 Å². The van der Waals surface area contributed by atoms with Gasteiger partial charge in [0.05, 0.1) is 28.6 Å². The number of piperidine rings is 1. The van der Waals surface area contributed by atoms with Gasteiger partial charge in [-0.05, 0) is 43.4 Å². The number of thiophene rings is 1. The van der Waals surface area contributed by atoms with Crippen LogP contribution in [0.1, 0.15) is 45.4 Å². The summed E-state index contributed by atoms with van der Waals surface area (Å²) >= 11 is 1.34. The first kappa shape index (κ1) is 20.3. The number of nitrogens with zero attached hydrogens (tertiary/aromatic N) is 3. The molecule has 0 spiro atoms. The Labute approximate surface area is 179 Å². The van der Waals surface area contributed by atoms with Crippen molar-refractivity contribution >= 4 is 44.9 Å². The highest BCUT2D eigenvalue weighted by Gasteiger charge is 2.25. The number of methoxy groups -OCH3 is 1. The third-order valence-electron chi connectivity index (χ3n) is 5.58. The van der Waals surface area contributed by atoms with Crippen molar-refractivity contribution in [2.45, 2.75) is 26.7 Å². The zero-order chi connectivity index (χ0) is 21.3. The van der Waals surface area contributed by atoms with Crippen LogP contribution in [0.3, 0.4) is 0 Å². The largest absolute Gasteiger partial charge is 0.465 e. The molecule has 4 rings (SSSR count). The number of para-hydroxylation sites is 1. The first-order chi connectivity index (χ1) is 14.5. The van der Waals surface area contributed by atoms with E-state index in [-0.39, 0.29) is 5.91 Å². The Morgan fingerprint density at radius 1 is 1.20 bits per heavy atom. The number of carbonyl (C=O) groups is 2. The molecule has 1 fully saturated rings. The molecule has 0 radical (unpaired) electrons. The molecule has 1 saturated heterocycles. The molecule has 1 aromatic carbocycles. The maximum absolute atomic E-state index is 13.1. The number of nitrogens with one attached hydrogen (secondary N) is 1. The molecule has 1 aliphatic rings. The van der Waals surface area contributed by atoms with Crippen LogP contribution >= 0.6 is 11.3 Å². The number of hydrogen-bond acceptors (Lipinski definition) is 7. The summed E-state index contributed by atoms with van der Waals surface area (Å²) in [4.78, 5) is 37.7. The van der Waals surface area contributed by atoms with Gasteiger partial charge in [0, 0.05) is 13.1 Å². The van der Waals surface area contributed by atoms with E-state index in [4.69, 9.17) is 4.74 Å². The van der Waals surface area contributed by atoms with Crippen molar-refractivity contribution in [1.82, 2.24) is 9.97 Å². The fourth-order valence-electron chi connectivity index (χ4n) is 3.79. The van der Waals surface area contributed by atoms with Crippen LogP contribution in [0.5, 0.6) is 0 Å². The summed E-state index contributed by atoms with van der Waals surface area (Å²) in [7, 11) is 1.32. The molecule has 0 atom stereocenters. The highest BCUT2D eigenvalue weighted by atomic mass is 32.1. The molecule has 8 heteroatoms. The van der Waals surface area contributed by atoms with E-state index in [1.54, 1.807) is 30.6 Å². The summed E-state index contributed by atoms with van der Waals surface area (Å²) in [6.07, 6.45) is 3.83. The minimum atomic E-state index is -0.494. The van der Waals surface area contributed by atoms with Crippen molar-refractivity contribution in [3.8, 4) is 0 Å². The number of carbonyl (C=O) groups excluding carboxylic acids is 2. The Bertz CT molecular complexity index is 1100. The van der Waals surface area contributed by atoms with E-state index in [1.165, 1.54) is 18.4 Å². The molecule has 0 unspecified atom stereocenters. The minimum absolute atomic E-state index is 0.273. The summed E-state index contributed by atoms with van der Waals surface area (Å²) in [5, 5.41) is 3.79. The first-order valence-electron chi connectivity index (χ1n) is 9.97. The average molecular weight is 425 g/mol. The highest BCUT2D eigenvalue weighted by molar-refractivity contribution is 7.20. The van der Waals surface area contributed by atoms with Crippen LogP contribution in [0.15, 0.2) is 30.6 Å². The highest BCUT2D eigenvalue weighted by Crippen LogP contribution is 2.36. The van der Waals surface area contributed by atoms with Gasteiger partial charge in [-0.1, -0.05) is 19.1 Å². The molecule has 156 valence electrons. The quantitative estimate of drug-likeness (QED) is 0.630. The van der Waals surface area contributed by atoms with Crippen molar-refractivity contribution < 1.29 is 14.3 Å². The molecule has 7 nitrogen and oxygen atoms in total. The number of rotatable bonds is 4. The summed E-state index contributed by atoms with van der Waals surface area (Å²) in [6.45, 7) is 6.12. The van der Waals surface area contributed by atoms with E-state index < -0.39 is 5.97 Å². The van der Waals surface area contributed by atoms with Crippen molar-refractivity contribution in [3.63, 3.8) is 0 Å². The second kappa shape index (κ2) is 8.39. The van der Waals surface area contributed by atoms with E-state index in [0.29, 0.717) is 16.1 Å². The Morgan fingerprint density at radius 3 is 2.67 bits per heavy atom. The third kappa shape index (κ3) is 3.75. The zero-order valence-corrected chi connectivity index (χ0v) is 18.1. The van der Waals surface area contributed by atoms with E-state index in [0.717, 1.165) is 53.4 Å². The molecule has 1 amide bonds. The number of fused-ring (bicyclic) bond motifs is 1. The average Bonchev–Trinajstić information content (AvgIpc) is 3.11. The van der Waals surface area contributed by atoms with Gasteiger partial charge >= 0.3 is 5.97 Å². The van der Waals surface area contributed by atoms with Crippen molar-refractivity contribution in [2.75, 3.05) is 30.4 Å². The lowest BCUT2D eigenvalue weighted by molar-refractivity contribution is 0.0602. The minimum Gasteiger partial charge on any atom is -0.465 e. The van der Waals surface area contributed by atoms with Gasteiger partial charge in [0.2, 0.25) is 0 Å². The summed E-state index contributed by atoms with van der Waals surface area (Å²) < 4.78 is 4.81. The molecular weight excluding hydrogens is 400 g/mol. The predicted octanol–water partition coefficient (Wildman–Crippen LogP) is 4.27. The Kier molecular flexibility index (Phi) is 5.67. The number of ether oxygens (including phenoxy) is 1. The second-order valence-electron chi connectivity index (χ2n) is 7.59. The van der Waals surface area contributed by atoms with Crippen LogP contribution in [-0.4, -0.2) is 42.0 Å². The lowest BCUT2D eigenvalue weighted by atomic mass is 9.99. The maximum atomic E-state index is 13.1. The smallest absolute Gasteiger partial charge is 0.339 e. The van der Waals surface area contributed by atoms with E-state index in [2.05, 4.69) is 27.1 Å². The lowest BCUT2D eigenvalue weighted by Crippen LogP contribution is -2.33. The normalized spacial score (nSPS) is 14.7. The van der Waals surface area contributed by atoms with Crippen LogP contribution in [0.4, 0.5) is 11.5 Å². The summed E-state index contributed by atoms with van der Waals surface area (Å²) in [5.74, 6) is 0.851. The number of aromatic nitrogens is 2. The lowest BCUT2D eigenvalue weighted by Gasteiger charge is -2.31. The Morgan fingerprint density at radius 2 is 1.93 bits per heavy atom. The molecule has 2 aromatic heterocycles. The van der Waals surface area contributed by atoms with Gasteiger partial charge < -0.3 is 15.0 Å². The summed E-state index contributed by atoms with van der Waals surface area (Å²) in [5.41, 5.74) is 1.59. The van der Waals surface area contributed by atoms with Gasteiger partial charge in [-0.15, -0.1) is 11.3 Å². The van der Waals surface area contributed by atoms with Crippen LogP contribution in [0, 0.1) is 12.8 Å². The van der Waals surface area contributed by atoms with Crippen molar-refractivity contribution in [1.29, 1.82) is 0 Å². The molecule has 30 heavy (non-hydrogen) atoms. The van der Waals surface area contributed by atoms with Gasteiger partial charge in [0.1, 0.15) is 17.0 Å². The molecule has 3 aromatic rings. The molecule has 0 bridgehead atoms. The number of amides is 1. The number of esters is 1. The number of anilines is 2. The molecule has 1 N–H and O–H groups in total. The van der Waals surface area contributed by atoms with E-state index in [9.17, 15) is 9.59 Å². The van der Waals surface area contributed by atoms with Gasteiger partial charge in [0.25, 0.3) is 5.91 Å². The fourth-order valence-corrected chi connectivity index (χ4v) is 4.83. The van der Waals surface area contributed by atoms with Gasteiger partial charge in [-0.2, -0.15) is 0 Å². The summed E-state index contributed by atoms with van der Waals surface area (Å²) in [6, 6.07) is 6.81. The van der Waals surface area contributed by atoms with Crippen molar-refractivity contribution in [2.24, 2.45) is 5.92 Å². The third-order valence-corrected chi connectivity index (χ3v) is 6.78. The van der Waals surface area contributed by atoms with Crippen LogP contribution < -0.4 is 10.2 Å². The molecule has 0 saturated carbocycles. The van der Waals surface area contributed by atoms with Crippen LogP contribution in [0.2, 0.25) is 0 Å². The van der Waals surface area contributed by atoms with Gasteiger partial charge in [0.15, 0.2) is 0 Å². The first-order valence-corrected chi connectivity index (χ1v) is 10.8. The molecule has 0 aliphatic carbocycles. The molecular formula is C22H24N4O3S. The Hall–Kier alpha value is -3.00. The Balaban J connectivity index is 1.67. The molecule has 3 heterocycles. The fraction of sp³-hybridized carbons (Fsp3) is 0.364. The molecule has 1 aliphatic heterocycles. The van der Waals surface area contributed by atoms with E-state index in [1.807, 2.05) is 6.92 Å². The standard InChI is InChI=1S/C22H24N4O3S/c1-13-8-10-26(11-9-13)19-17-14(2)18(30-21(17)24-12-23-19)20(27)25-16-7-5-4-6-15(16)22(28)29-3/h4-7,12-13H,8-11H2,1-3H3,(H,25,27). The number of benzene rings is 1. The monoisotopic (exact) mass is 424 g/mol. The number of aryl methyl sites for hydroxylation is 1.